The summed E-state index contributed by atoms with van der Waals surface area (Å²) in [5.74, 6) is -0.296. The summed E-state index contributed by atoms with van der Waals surface area (Å²) in [6.07, 6.45) is 0. The Balaban J connectivity index is 2.22. The molecule has 0 aliphatic rings. The van der Waals surface area contributed by atoms with Gasteiger partial charge in [0, 0.05) is 11.3 Å². The first-order valence-corrected chi connectivity index (χ1v) is 5.81. The first-order valence-electron chi connectivity index (χ1n) is 5.43. The number of nitrogens with one attached hydrogen (secondary N) is 1. The van der Waals surface area contributed by atoms with Crippen molar-refractivity contribution in [1.82, 2.24) is 0 Å². The van der Waals surface area contributed by atoms with Crippen molar-refractivity contribution in [1.29, 1.82) is 0 Å². The number of amides is 1. The van der Waals surface area contributed by atoms with Crippen LogP contribution in [0, 0.1) is 6.92 Å². The third kappa shape index (κ3) is 2.63. The van der Waals surface area contributed by atoms with Crippen molar-refractivity contribution in [2.45, 2.75) is 6.92 Å². The van der Waals surface area contributed by atoms with E-state index < -0.39 is 0 Å². The van der Waals surface area contributed by atoms with E-state index in [1.54, 1.807) is 0 Å². The molecule has 2 aromatic carbocycles. The van der Waals surface area contributed by atoms with Gasteiger partial charge in [-0.2, -0.15) is 0 Å². The Morgan fingerprint density at radius 1 is 1.22 bits per heavy atom. The summed E-state index contributed by atoms with van der Waals surface area (Å²) >= 11 is 5.76. The average Bonchev–Trinajstić information content (AvgIpc) is 2.35. The maximum absolute atomic E-state index is 12.0. The van der Waals surface area contributed by atoms with Gasteiger partial charge < -0.3 is 10.4 Å². The summed E-state index contributed by atoms with van der Waals surface area (Å²) in [6, 6.07) is 11.9. The quantitative estimate of drug-likeness (QED) is 0.868. The number of aryl methyl sites for hydroxylation is 1. The fraction of sp³-hybridized carbons (Fsp3) is 0.0714. The van der Waals surface area contributed by atoms with Crippen LogP contribution in [-0.2, 0) is 0 Å². The van der Waals surface area contributed by atoms with Crippen LogP contribution in [0.5, 0.6) is 5.75 Å². The highest BCUT2D eigenvalue weighted by atomic mass is 35.5. The number of carbonyl (C=O) groups excluding carboxylic acids is 1. The summed E-state index contributed by atoms with van der Waals surface area (Å²) in [6.45, 7) is 1.92. The number of benzene rings is 2. The number of halogens is 1. The standard InChI is InChI=1S/C14H12ClNO2/c1-9-4-2-3-5-12(9)16-14(18)10-6-7-13(17)11(15)8-10/h2-8,17H,1H3,(H,16,18). The number of rotatable bonds is 2. The predicted molar refractivity (Wildman–Crippen MR) is 72.2 cm³/mol. The van der Waals surface area contributed by atoms with E-state index in [1.165, 1.54) is 18.2 Å². The second-order valence-corrected chi connectivity index (χ2v) is 4.34. The molecule has 2 aromatic rings. The number of hydrogen-bond acceptors (Lipinski definition) is 2. The van der Waals surface area contributed by atoms with Crippen LogP contribution in [0.25, 0.3) is 0 Å². The lowest BCUT2D eigenvalue weighted by Gasteiger charge is -2.08. The minimum Gasteiger partial charge on any atom is -0.506 e. The molecule has 2 rings (SSSR count). The summed E-state index contributed by atoms with van der Waals surface area (Å²) < 4.78 is 0. The lowest BCUT2D eigenvalue weighted by atomic mass is 10.1. The number of phenolic OH excluding ortho intramolecular Hbond substituents is 1. The van der Waals surface area contributed by atoms with Crippen molar-refractivity contribution in [2.24, 2.45) is 0 Å². The monoisotopic (exact) mass is 261 g/mol. The topological polar surface area (TPSA) is 49.3 Å². The molecule has 0 fully saturated rings. The molecular formula is C14H12ClNO2. The minimum absolute atomic E-state index is 0.0379. The van der Waals surface area contributed by atoms with Crippen molar-refractivity contribution in [3.8, 4) is 5.75 Å². The highest BCUT2D eigenvalue weighted by Gasteiger charge is 2.09. The van der Waals surface area contributed by atoms with Gasteiger partial charge in [-0.25, -0.2) is 0 Å². The maximum Gasteiger partial charge on any atom is 0.255 e. The summed E-state index contributed by atoms with van der Waals surface area (Å²) in [5, 5.41) is 12.2. The predicted octanol–water partition coefficient (Wildman–Crippen LogP) is 3.61. The van der Waals surface area contributed by atoms with Gasteiger partial charge in [-0.05, 0) is 36.8 Å². The van der Waals surface area contributed by atoms with Crippen molar-refractivity contribution >= 4 is 23.2 Å². The number of para-hydroxylation sites is 1. The second kappa shape index (κ2) is 5.10. The average molecular weight is 262 g/mol. The first kappa shape index (κ1) is 12.5. The largest absolute Gasteiger partial charge is 0.506 e. The zero-order valence-corrected chi connectivity index (χ0v) is 10.5. The number of hydrogen-bond donors (Lipinski definition) is 2. The van der Waals surface area contributed by atoms with E-state index in [0.717, 1.165) is 11.3 Å². The molecule has 0 aliphatic heterocycles. The van der Waals surface area contributed by atoms with Gasteiger partial charge in [0.15, 0.2) is 0 Å². The molecule has 0 radical (unpaired) electrons. The van der Waals surface area contributed by atoms with E-state index in [1.807, 2.05) is 31.2 Å². The van der Waals surface area contributed by atoms with Crippen LogP contribution in [0.15, 0.2) is 42.5 Å². The van der Waals surface area contributed by atoms with Crippen LogP contribution in [-0.4, -0.2) is 11.0 Å². The fourth-order valence-electron chi connectivity index (χ4n) is 1.56. The van der Waals surface area contributed by atoms with Crippen molar-refractivity contribution in [3.05, 3.63) is 58.6 Å². The summed E-state index contributed by atoms with van der Waals surface area (Å²) in [4.78, 5) is 12.0. The van der Waals surface area contributed by atoms with Gasteiger partial charge in [-0.15, -0.1) is 0 Å². The molecule has 0 aliphatic carbocycles. The highest BCUT2D eigenvalue weighted by molar-refractivity contribution is 6.32. The summed E-state index contributed by atoms with van der Waals surface area (Å²) in [7, 11) is 0. The molecule has 0 saturated carbocycles. The van der Waals surface area contributed by atoms with E-state index in [-0.39, 0.29) is 16.7 Å². The van der Waals surface area contributed by atoms with Crippen LogP contribution in [0.1, 0.15) is 15.9 Å². The molecule has 0 bridgehead atoms. The van der Waals surface area contributed by atoms with Gasteiger partial charge in [-0.3, -0.25) is 4.79 Å². The Hall–Kier alpha value is -2.00. The van der Waals surface area contributed by atoms with Gasteiger partial charge >= 0.3 is 0 Å². The number of aromatic hydroxyl groups is 1. The molecule has 0 saturated heterocycles. The zero-order chi connectivity index (χ0) is 13.1. The molecular weight excluding hydrogens is 250 g/mol. The van der Waals surface area contributed by atoms with Gasteiger partial charge in [-0.1, -0.05) is 29.8 Å². The van der Waals surface area contributed by atoms with E-state index in [2.05, 4.69) is 5.32 Å². The molecule has 1 amide bonds. The van der Waals surface area contributed by atoms with Crippen LogP contribution in [0.3, 0.4) is 0 Å². The van der Waals surface area contributed by atoms with Crippen LogP contribution < -0.4 is 5.32 Å². The Morgan fingerprint density at radius 3 is 2.61 bits per heavy atom. The third-order valence-corrected chi connectivity index (χ3v) is 2.91. The molecule has 3 nitrogen and oxygen atoms in total. The van der Waals surface area contributed by atoms with Gasteiger partial charge in [0.2, 0.25) is 0 Å². The van der Waals surface area contributed by atoms with E-state index >= 15 is 0 Å². The van der Waals surface area contributed by atoms with Gasteiger partial charge in [0.1, 0.15) is 5.75 Å². The zero-order valence-electron chi connectivity index (χ0n) is 9.77. The molecule has 92 valence electrons. The molecule has 18 heavy (non-hydrogen) atoms. The molecule has 0 heterocycles. The highest BCUT2D eigenvalue weighted by Crippen LogP contribution is 2.24. The van der Waals surface area contributed by atoms with Gasteiger partial charge in [0.25, 0.3) is 5.91 Å². The molecule has 2 N–H and O–H groups in total. The van der Waals surface area contributed by atoms with Crippen molar-refractivity contribution in [3.63, 3.8) is 0 Å². The Bertz CT molecular complexity index is 596. The third-order valence-electron chi connectivity index (χ3n) is 2.60. The smallest absolute Gasteiger partial charge is 0.255 e. The summed E-state index contributed by atoms with van der Waals surface area (Å²) in [5.41, 5.74) is 2.14. The Labute approximate surface area is 110 Å². The van der Waals surface area contributed by atoms with Crippen LogP contribution in [0.4, 0.5) is 5.69 Å². The first-order chi connectivity index (χ1) is 8.58. The molecule has 0 spiro atoms. The molecule has 4 heteroatoms. The minimum atomic E-state index is -0.258. The molecule has 0 atom stereocenters. The lowest BCUT2D eigenvalue weighted by molar-refractivity contribution is 0.102. The molecule has 0 unspecified atom stereocenters. The fourth-order valence-corrected chi connectivity index (χ4v) is 1.74. The van der Waals surface area contributed by atoms with Crippen molar-refractivity contribution in [2.75, 3.05) is 5.32 Å². The van der Waals surface area contributed by atoms with E-state index in [9.17, 15) is 9.90 Å². The van der Waals surface area contributed by atoms with Crippen molar-refractivity contribution < 1.29 is 9.90 Å². The van der Waals surface area contributed by atoms with E-state index in [0.29, 0.717) is 5.56 Å². The van der Waals surface area contributed by atoms with Crippen LogP contribution in [0.2, 0.25) is 5.02 Å². The maximum atomic E-state index is 12.0. The Kier molecular flexibility index (Phi) is 3.53. The van der Waals surface area contributed by atoms with Crippen LogP contribution >= 0.6 is 11.6 Å². The van der Waals surface area contributed by atoms with Gasteiger partial charge in [0.05, 0.1) is 5.02 Å². The number of phenols is 1. The molecule has 0 aromatic heterocycles. The Morgan fingerprint density at radius 2 is 1.94 bits per heavy atom. The normalized spacial score (nSPS) is 10.1. The van der Waals surface area contributed by atoms with E-state index in [4.69, 9.17) is 11.6 Å². The second-order valence-electron chi connectivity index (χ2n) is 3.94. The number of carbonyl (C=O) groups is 1. The SMILES string of the molecule is Cc1ccccc1NC(=O)c1ccc(O)c(Cl)c1. The number of anilines is 1. The lowest BCUT2D eigenvalue weighted by Crippen LogP contribution is -2.12.